The Balaban J connectivity index is 2.01. The van der Waals surface area contributed by atoms with Gasteiger partial charge in [-0.1, -0.05) is 48.5 Å². The first kappa shape index (κ1) is 12.9. The van der Waals surface area contributed by atoms with Crippen LogP contribution in [-0.4, -0.2) is 19.1 Å². The molecular weight excluding hydrogens is 250 g/mol. The van der Waals surface area contributed by atoms with E-state index in [0.29, 0.717) is 13.0 Å². The molecule has 1 N–H and O–H groups in total. The summed E-state index contributed by atoms with van der Waals surface area (Å²) in [4.78, 5) is 11.7. The number of benzene rings is 2. The molecule has 3 heteroatoms. The van der Waals surface area contributed by atoms with E-state index in [1.807, 2.05) is 18.2 Å². The lowest BCUT2D eigenvalue weighted by atomic mass is 9.88. The van der Waals surface area contributed by atoms with Gasteiger partial charge in [-0.15, -0.1) is 0 Å². The second-order valence-electron chi connectivity index (χ2n) is 4.97. The minimum atomic E-state index is -0.252. The molecule has 3 rings (SSSR count). The summed E-state index contributed by atoms with van der Waals surface area (Å²) in [5, 5.41) is 3.23. The summed E-state index contributed by atoms with van der Waals surface area (Å²) in [7, 11) is 1.43. The van der Waals surface area contributed by atoms with Gasteiger partial charge in [0.1, 0.15) is 6.04 Å². The SMILES string of the molecule is COC(=O)[C@H]1Cc2c(cccc2-c2ccccc2)CN1. The maximum absolute atomic E-state index is 11.7. The summed E-state index contributed by atoms with van der Waals surface area (Å²) >= 11 is 0. The van der Waals surface area contributed by atoms with E-state index in [1.54, 1.807) is 0 Å². The number of carbonyl (C=O) groups excluding carboxylic acids is 1. The van der Waals surface area contributed by atoms with Crippen molar-refractivity contribution in [2.45, 2.75) is 19.0 Å². The van der Waals surface area contributed by atoms with Crippen molar-refractivity contribution in [3.05, 3.63) is 59.7 Å². The molecule has 1 heterocycles. The van der Waals surface area contributed by atoms with Gasteiger partial charge in [0.15, 0.2) is 0 Å². The summed E-state index contributed by atoms with van der Waals surface area (Å²) in [5.74, 6) is -0.196. The number of ether oxygens (including phenoxy) is 1. The van der Waals surface area contributed by atoms with Crippen LogP contribution in [-0.2, 0) is 22.5 Å². The Hall–Kier alpha value is -2.13. The molecule has 1 atom stereocenters. The topological polar surface area (TPSA) is 38.3 Å². The number of hydrogen-bond acceptors (Lipinski definition) is 3. The molecule has 0 bridgehead atoms. The molecule has 0 saturated heterocycles. The van der Waals surface area contributed by atoms with Gasteiger partial charge in [-0.25, -0.2) is 0 Å². The molecule has 2 aromatic carbocycles. The van der Waals surface area contributed by atoms with Crippen molar-refractivity contribution in [3.63, 3.8) is 0 Å². The summed E-state index contributed by atoms with van der Waals surface area (Å²) in [6.07, 6.45) is 0.674. The first-order chi connectivity index (χ1) is 9.79. The molecule has 0 spiro atoms. The Morgan fingerprint density at radius 1 is 1.15 bits per heavy atom. The highest BCUT2D eigenvalue weighted by Gasteiger charge is 2.26. The average Bonchev–Trinajstić information content (AvgIpc) is 2.54. The molecule has 0 aliphatic carbocycles. The van der Waals surface area contributed by atoms with Gasteiger partial charge in [-0.2, -0.15) is 0 Å². The van der Waals surface area contributed by atoms with Gasteiger partial charge >= 0.3 is 5.97 Å². The lowest BCUT2D eigenvalue weighted by Gasteiger charge is -2.26. The van der Waals surface area contributed by atoms with E-state index in [9.17, 15) is 4.79 Å². The quantitative estimate of drug-likeness (QED) is 0.850. The molecule has 0 radical (unpaired) electrons. The third-order valence-corrected chi connectivity index (χ3v) is 3.79. The fourth-order valence-electron chi connectivity index (χ4n) is 2.75. The highest BCUT2D eigenvalue weighted by atomic mass is 16.5. The largest absolute Gasteiger partial charge is 0.468 e. The normalized spacial score (nSPS) is 17.4. The molecular formula is C17H17NO2. The first-order valence-corrected chi connectivity index (χ1v) is 6.77. The maximum atomic E-state index is 11.7. The van der Waals surface area contributed by atoms with Crippen LogP contribution in [0.2, 0.25) is 0 Å². The van der Waals surface area contributed by atoms with Crippen LogP contribution in [0, 0.1) is 0 Å². The predicted molar refractivity (Wildman–Crippen MR) is 78.2 cm³/mol. The van der Waals surface area contributed by atoms with Gasteiger partial charge in [0.05, 0.1) is 7.11 Å². The zero-order valence-corrected chi connectivity index (χ0v) is 11.4. The second-order valence-corrected chi connectivity index (χ2v) is 4.97. The van der Waals surface area contributed by atoms with Gasteiger partial charge in [-0.3, -0.25) is 4.79 Å². The van der Waals surface area contributed by atoms with E-state index in [1.165, 1.54) is 29.4 Å². The second kappa shape index (κ2) is 5.47. The number of esters is 1. The highest BCUT2D eigenvalue weighted by molar-refractivity contribution is 5.78. The Bertz CT molecular complexity index is 622. The third-order valence-electron chi connectivity index (χ3n) is 3.79. The van der Waals surface area contributed by atoms with E-state index in [-0.39, 0.29) is 12.0 Å². The maximum Gasteiger partial charge on any atom is 0.323 e. The smallest absolute Gasteiger partial charge is 0.323 e. The first-order valence-electron chi connectivity index (χ1n) is 6.77. The van der Waals surface area contributed by atoms with E-state index in [2.05, 4.69) is 35.6 Å². The van der Waals surface area contributed by atoms with Gasteiger partial charge in [0.2, 0.25) is 0 Å². The minimum absolute atomic E-state index is 0.196. The number of carbonyl (C=O) groups is 1. The summed E-state index contributed by atoms with van der Waals surface area (Å²) in [6, 6.07) is 16.3. The lowest BCUT2D eigenvalue weighted by molar-refractivity contribution is -0.143. The fraction of sp³-hybridized carbons (Fsp3) is 0.235. The summed E-state index contributed by atoms with van der Waals surface area (Å²) in [6.45, 7) is 0.704. The van der Waals surface area contributed by atoms with Gasteiger partial charge in [-0.05, 0) is 28.7 Å². The zero-order valence-electron chi connectivity index (χ0n) is 11.4. The van der Waals surface area contributed by atoms with Crippen LogP contribution in [0.1, 0.15) is 11.1 Å². The lowest BCUT2D eigenvalue weighted by Crippen LogP contribution is -2.42. The van der Waals surface area contributed by atoms with Gasteiger partial charge in [0, 0.05) is 6.54 Å². The number of fused-ring (bicyclic) bond motifs is 1. The summed E-state index contributed by atoms with van der Waals surface area (Å²) < 4.78 is 4.85. The van der Waals surface area contributed by atoms with Crippen molar-refractivity contribution in [1.29, 1.82) is 0 Å². The fourth-order valence-corrected chi connectivity index (χ4v) is 2.75. The zero-order chi connectivity index (χ0) is 13.9. The summed E-state index contributed by atoms with van der Waals surface area (Å²) in [5.41, 5.74) is 4.90. The average molecular weight is 267 g/mol. The monoisotopic (exact) mass is 267 g/mol. The molecule has 0 fully saturated rings. The molecule has 0 unspecified atom stereocenters. The molecule has 2 aromatic rings. The van der Waals surface area contributed by atoms with Gasteiger partial charge < -0.3 is 10.1 Å². The van der Waals surface area contributed by atoms with Crippen LogP contribution in [0.15, 0.2) is 48.5 Å². The number of methoxy groups -OCH3 is 1. The number of rotatable bonds is 2. The van der Waals surface area contributed by atoms with Crippen molar-refractivity contribution in [2.24, 2.45) is 0 Å². The molecule has 1 aliphatic rings. The minimum Gasteiger partial charge on any atom is -0.468 e. The van der Waals surface area contributed by atoms with Crippen molar-refractivity contribution >= 4 is 5.97 Å². The van der Waals surface area contributed by atoms with E-state index in [4.69, 9.17) is 4.74 Å². The van der Waals surface area contributed by atoms with Crippen LogP contribution < -0.4 is 5.32 Å². The molecule has 1 aliphatic heterocycles. The molecule has 0 amide bonds. The van der Waals surface area contributed by atoms with Crippen LogP contribution in [0.5, 0.6) is 0 Å². The number of nitrogens with one attached hydrogen (secondary N) is 1. The Labute approximate surface area is 118 Å². The van der Waals surface area contributed by atoms with Crippen LogP contribution in [0.3, 0.4) is 0 Å². The van der Waals surface area contributed by atoms with Crippen molar-refractivity contribution in [1.82, 2.24) is 5.32 Å². The van der Waals surface area contributed by atoms with Crippen molar-refractivity contribution in [2.75, 3.05) is 7.11 Å². The molecule has 3 nitrogen and oxygen atoms in total. The predicted octanol–water partition coefficient (Wildman–Crippen LogP) is 2.54. The molecule has 20 heavy (non-hydrogen) atoms. The Morgan fingerprint density at radius 2 is 1.95 bits per heavy atom. The van der Waals surface area contributed by atoms with E-state index in [0.717, 1.165) is 0 Å². The standard InChI is InChI=1S/C17H17NO2/c1-20-17(19)16-10-15-13(11-18-16)8-5-9-14(15)12-6-3-2-4-7-12/h2-9,16,18H,10-11H2,1H3/t16-/m1/s1. The Morgan fingerprint density at radius 3 is 2.70 bits per heavy atom. The highest BCUT2D eigenvalue weighted by Crippen LogP contribution is 2.29. The Kier molecular flexibility index (Phi) is 3.52. The van der Waals surface area contributed by atoms with Crippen LogP contribution in [0.4, 0.5) is 0 Å². The van der Waals surface area contributed by atoms with Crippen molar-refractivity contribution < 1.29 is 9.53 Å². The van der Waals surface area contributed by atoms with Crippen LogP contribution in [0.25, 0.3) is 11.1 Å². The number of hydrogen-bond donors (Lipinski definition) is 1. The van der Waals surface area contributed by atoms with Crippen LogP contribution >= 0.6 is 0 Å². The van der Waals surface area contributed by atoms with E-state index >= 15 is 0 Å². The van der Waals surface area contributed by atoms with E-state index < -0.39 is 0 Å². The third kappa shape index (κ3) is 2.32. The molecule has 0 saturated carbocycles. The molecule has 102 valence electrons. The van der Waals surface area contributed by atoms with Crippen molar-refractivity contribution in [3.8, 4) is 11.1 Å². The van der Waals surface area contributed by atoms with Gasteiger partial charge in [0.25, 0.3) is 0 Å². The molecule has 0 aromatic heterocycles.